The van der Waals surface area contributed by atoms with E-state index in [1.165, 1.54) is 12.1 Å². The van der Waals surface area contributed by atoms with Crippen LogP contribution in [0.25, 0.3) is 0 Å². The van der Waals surface area contributed by atoms with Crippen molar-refractivity contribution in [3.8, 4) is 0 Å². The number of aryl methyl sites for hydroxylation is 2. The number of hydrogen-bond acceptors (Lipinski definition) is 5. The Hall–Kier alpha value is -3.30. The molecule has 1 aromatic carbocycles. The molecule has 2 atom stereocenters. The van der Waals surface area contributed by atoms with E-state index in [0.29, 0.717) is 24.5 Å². The van der Waals surface area contributed by atoms with Gasteiger partial charge in [-0.2, -0.15) is 18.3 Å². The van der Waals surface area contributed by atoms with Crippen LogP contribution in [0.4, 0.5) is 19.0 Å². The molecule has 7 nitrogen and oxygen atoms in total. The van der Waals surface area contributed by atoms with Gasteiger partial charge in [0.2, 0.25) is 5.91 Å². The van der Waals surface area contributed by atoms with Gasteiger partial charge in [-0.05, 0) is 62.4 Å². The minimum Gasteiger partial charge on any atom is -0.382 e. The van der Waals surface area contributed by atoms with Gasteiger partial charge in [0, 0.05) is 25.7 Å². The van der Waals surface area contributed by atoms with Gasteiger partial charge in [0.1, 0.15) is 5.82 Å². The number of hydrogen-bond donors (Lipinski definition) is 3. The molecule has 0 saturated carbocycles. The van der Waals surface area contributed by atoms with E-state index in [1.54, 1.807) is 18.9 Å². The van der Waals surface area contributed by atoms with Gasteiger partial charge in [-0.3, -0.25) is 4.79 Å². The lowest BCUT2D eigenvalue weighted by molar-refractivity contribution is -0.137. The number of pyridine rings is 1. The highest BCUT2D eigenvalue weighted by Crippen LogP contribution is 2.38. The molecular formula is C24H29F3N6O. The van der Waals surface area contributed by atoms with E-state index in [1.807, 2.05) is 13.0 Å². The number of halogens is 3. The van der Waals surface area contributed by atoms with Gasteiger partial charge in [0.25, 0.3) is 0 Å². The minimum atomic E-state index is -4.39. The highest BCUT2D eigenvalue weighted by atomic mass is 19.4. The molecule has 1 amide bonds. The number of amides is 1. The summed E-state index contributed by atoms with van der Waals surface area (Å²) in [5.74, 6) is 0.575. The van der Waals surface area contributed by atoms with E-state index in [4.69, 9.17) is 10.7 Å². The van der Waals surface area contributed by atoms with Gasteiger partial charge in [-0.25, -0.2) is 4.98 Å². The number of rotatable bonds is 4. The van der Waals surface area contributed by atoms with Crippen LogP contribution in [0.3, 0.4) is 0 Å². The summed E-state index contributed by atoms with van der Waals surface area (Å²) in [4.78, 5) is 19.7. The summed E-state index contributed by atoms with van der Waals surface area (Å²) < 4.78 is 38.6. The van der Waals surface area contributed by atoms with Crippen molar-refractivity contribution in [2.75, 3.05) is 25.5 Å². The standard InChI is InChI=1S/C24H29F3N6O/c1-14(16-4-6-18(7-5-16)24(25,26)27)22(34)33-11-10-23(13-33)9-8-17-12-19(20(28)32-29-3)15(2)30-21(17)31-23/h4-7,12,14,29H,8-11,13H2,1-3H3,(H2,28,32)(H,30,31)/t14-,23-/m0/s1. The summed E-state index contributed by atoms with van der Waals surface area (Å²) in [7, 11) is 1.69. The number of fused-ring (bicyclic) bond motifs is 1. The van der Waals surface area contributed by atoms with E-state index < -0.39 is 17.7 Å². The van der Waals surface area contributed by atoms with Gasteiger partial charge in [0.15, 0.2) is 5.84 Å². The van der Waals surface area contributed by atoms with E-state index in [9.17, 15) is 18.0 Å². The van der Waals surface area contributed by atoms with Crippen LogP contribution in [0.1, 0.15) is 53.6 Å². The SMILES string of the molecule is CN/N=C(\N)c1cc2c(nc1C)N[C@@]1(CC2)CCN(C(=O)[C@@H](C)c2ccc(C(F)(F)F)cc2)C1. The predicted molar refractivity (Wildman–Crippen MR) is 124 cm³/mol. The van der Waals surface area contributed by atoms with Crippen molar-refractivity contribution in [2.24, 2.45) is 10.8 Å². The Morgan fingerprint density at radius 3 is 2.65 bits per heavy atom. The van der Waals surface area contributed by atoms with Crippen LogP contribution < -0.4 is 16.5 Å². The Morgan fingerprint density at radius 2 is 2.00 bits per heavy atom. The van der Waals surface area contributed by atoms with Crippen LogP contribution >= 0.6 is 0 Å². The molecule has 2 aromatic rings. The normalized spacial score (nSPS) is 21.2. The Kier molecular flexibility index (Phi) is 6.18. The summed E-state index contributed by atoms with van der Waals surface area (Å²) in [5, 5.41) is 7.62. The zero-order chi connectivity index (χ0) is 24.7. The quantitative estimate of drug-likeness (QED) is 0.359. The second kappa shape index (κ2) is 8.81. The lowest BCUT2D eigenvalue weighted by Gasteiger charge is -2.36. The largest absolute Gasteiger partial charge is 0.416 e. The summed E-state index contributed by atoms with van der Waals surface area (Å²) >= 11 is 0. The highest BCUT2D eigenvalue weighted by molar-refractivity contribution is 5.98. The van der Waals surface area contributed by atoms with Crippen LogP contribution in [0.2, 0.25) is 0 Å². The molecule has 4 rings (SSSR count). The maximum atomic E-state index is 13.2. The fraction of sp³-hybridized carbons (Fsp3) is 0.458. The number of nitrogens with one attached hydrogen (secondary N) is 2. The smallest absolute Gasteiger partial charge is 0.382 e. The molecule has 2 aliphatic heterocycles. The number of hydrazone groups is 1. The zero-order valence-corrected chi connectivity index (χ0v) is 19.5. The van der Waals surface area contributed by atoms with Crippen LogP contribution in [-0.4, -0.2) is 47.3 Å². The van der Waals surface area contributed by atoms with Gasteiger partial charge in [0.05, 0.1) is 22.7 Å². The van der Waals surface area contributed by atoms with Crippen molar-refractivity contribution < 1.29 is 18.0 Å². The third-order valence-electron chi connectivity index (χ3n) is 6.83. The number of carbonyl (C=O) groups is 1. The second-order valence-corrected chi connectivity index (χ2v) is 9.11. The van der Waals surface area contributed by atoms with Crippen molar-refractivity contribution in [1.82, 2.24) is 15.3 Å². The van der Waals surface area contributed by atoms with Crippen molar-refractivity contribution >= 4 is 17.6 Å². The fourth-order valence-corrected chi connectivity index (χ4v) is 4.82. The molecule has 10 heteroatoms. The van der Waals surface area contributed by atoms with Crippen molar-refractivity contribution in [3.05, 3.63) is 58.3 Å². The molecule has 1 aromatic heterocycles. The average molecular weight is 475 g/mol. The molecule has 1 fully saturated rings. The summed E-state index contributed by atoms with van der Waals surface area (Å²) in [5.41, 5.74) is 10.9. The van der Waals surface area contributed by atoms with Crippen LogP contribution in [0.5, 0.6) is 0 Å². The monoisotopic (exact) mass is 474 g/mol. The first-order valence-corrected chi connectivity index (χ1v) is 11.3. The number of anilines is 1. The Morgan fingerprint density at radius 1 is 1.29 bits per heavy atom. The fourth-order valence-electron chi connectivity index (χ4n) is 4.82. The van der Waals surface area contributed by atoms with Gasteiger partial charge in [-0.1, -0.05) is 12.1 Å². The molecule has 0 aliphatic carbocycles. The molecule has 182 valence electrons. The van der Waals surface area contributed by atoms with Crippen molar-refractivity contribution in [2.45, 2.75) is 50.7 Å². The Bertz CT molecular complexity index is 1110. The molecule has 4 N–H and O–H groups in total. The first kappa shape index (κ1) is 23.8. The topological polar surface area (TPSA) is 95.6 Å². The Balaban J connectivity index is 1.46. The maximum absolute atomic E-state index is 13.2. The lowest BCUT2D eigenvalue weighted by atomic mass is 9.86. The minimum absolute atomic E-state index is 0.0835. The average Bonchev–Trinajstić information content (AvgIpc) is 3.20. The molecule has 2 aliphatic rings. The summed E-state index contributed by atoms with van der Waals surface area (Å²) in [6, 6.07) is 6.85. The van der Waals surface area contributed by atoms with Gasteiger partial charge < -0.3 is 21.4 Å². The number of carbonyl (C=O) groups excluding carboxylic acids is 1. The number of alkyl halides is 3. The number of aromatic nitrogens is 1. The van der Waals surface area contributed by atoms with Crippen LogP contribution in [0, 0.1) is 6.92 Å². The van der Waals surface area contributed by atoms with Crippen LogP contribution in [0.15, 0.2) is 35.4 Å². The molecule has 0 unspecified atom stereocenters. The molecule has 34 heavy (non-hydrogen) atoms. The molecule has 1 saturated heterocycles. The third kappa shape index (κ3) is 4.53. The van der Waals surface area contributed by atoms with Crippen molar-refractivity contribution in [3.63, 3.8) is 0 Å². The number of benzene rings is 1. The Labute approximate surface area is 196 Å². The molecule has 3 heterocycles. The molecule has 0 radical (unpaired) electrons. The lowest BCUT2D eigenvalue weighted by Crippen LogP contribution is -2.46. The number of likely N-dealkylation sites (tertiary alicyclic amines) is 1. The number of amidine groups is 1. The molecule has 1 spiro atoms. The molecular weight excluding hydrogens is 445 g/mol. The van der Waals surface area contributed by atoms with E-state index in [0.717, 1.165) is 54.0 Å². The van der Waals surface area contributed by atoms with Gasteiger partial charge in [-0.15, -0.1) is 0 Å². The third-order valence-corrected chi connectivity index (χ3v) is 6.83. The summed E-state index contributed by atoms with van der Waals surface area (Å²) in [6.07, 6.45) is -1.98. The highest BCUT2D eigenvalue weighted by Gasteiger charge is 2.43. The number of nitrogens with zero attached hydrogens (tertiary/aromatic N) is 3. The first-order valence-electron chi connectivity index (χ1n) is 11.3. The van der Waals surface area contributed by atoms with Gasteiger partial charge >= 0.3 is 6.18 Å². The van der Waals surface area contributed by atoms with E-state index in [2.05, 4.69) is 15.8 Å². The summed E-state index contributed by atoms with van der Waals surface area (Å²) in [6.45, 7) is 4.74. The molecule has 0 bridgehead atoms. The maximum Gasteiger partial charge on any atom is 0.416 e. The first-order chi connectivity index (χ1) is 16.0. The zero-order valence-electron chi connectivity index (χ0n) is 19.5. The van der Waals surface area contributed by atoms with Crippen LogP contribution in [-0.2, 0) is 17.4 Å². The number of nitrogens with two attached hydrogens (primary N) is 1. The predicted octanol–water partition coefficient (Wildman–Crippen LogP) is 3.38. The second-order valence-electron chi connectivity index (χ2n) is 9.11. The van der Waals surface area contributed by atoms with E-state index >= 15 is 0 Å². The van der Waals surface area contributed by atoms with E-state index in [-0.39, 0.29) is 11.4 Å². The van der Waals surface area contributed by atoms with Crippen molar-refractivity contribution in [1.29, 1.82) is 0 Å².